The van der Waals surface area contributed by atoms with Gasteiger partial charge in [0, 0.05) is 30.1 Å². The van der Waals surface area contributed by atoms with E-state index in [9.17, 15) is 14.9 Å². The summed E-state index contributed by atoms with van der Waals surface area (Å²) in [6.07, 6.45) is 4.67. The van der Waals surface area contributed by atoms with Crippen molar-refractivity contribution in [1.82, 2.24) is 15.4 Å². The number of rotatable bonds is 3. The van der Waals surface area contributed by atoms with Gasteiger partial charge in [-0.2, -0.15) is 5.26 Å². The highest BCUT2D eigenvalue weighted by Crippen LogP contribution is 2.44. The molecule has 1 amide bonds. The fraction of sp³-hybridized carbons (Fsp3) is 0.217. The summed E-state index contributed by atoms with van der Waals surface area (Å²) in [7, 11) is 0. The number of pyridine rings is 1. The number of hydrogen-bond acceptors (Lipinski definition) is 6. The van der Waals surface area contributed by atoms with Crippen molar-refractivity contribution in [2.75, 3.05) is 0 Å². The minimum atomic E-state index is -0.538. The molecule has 30 heavy (non-hydrogen) atoms. The zero-order chi connectivity index (χ0) is 21.3. The summed E-state index contributed by atoms with van der Waals surface area (Å²) in [6.45, 7) is 1.96. The molecule has 4 rings (SSSR count). The van der Waals surface area contributed by atoms with Crippen LogP contribution in [0.1, 0.15) is 46.7 Å². The molecule has 0 radical (unpaired) electrons. The second-order valence-corrected chi connectivity index (χ2v) is 7.41. The maximum absolute atomic E-state index is 13.0. The lowest BCUT2D eigenvalue weighted by Crippen LogP contribution is -2.48. The van der Waals surface area contributed by atoms with Gasteiger partial charge in [0.15, 0.2) is 5.78 Å². The van der Waals surface area contributed by atoms with E-state index in [1.807, 2.05) is 31.2 Å². The van der Waals surface area contributed by atoms with Crippen molar-refractivity contribution in [3.05, 3.63) is 88.1 Å². The van der Waals surface area contributed by atoms with Crippen LogP contribution in [0.25, 0.3) is 0 Å². The molecule has 0 fully saturated rings. The van der Waals surface area contributed by atoms with Crippen LogP contribution in [-0.2, 0) is 4.79 Å². The average Bonchev–Trinajstić information content (AvgIpc) is 2.76. The minimum absolute atomic E-state index is 0.0244. The molecule has 0 saturated heterocycles. The molecule has 1 unspecified atom stereocenters. The molecule has 0 saturated carbocycles. The lowest BCUT2D eigenvalue weighted by molar-refractivity contribution is -0.116. The molecular weight excluding hydrogens is 378 g/mol. The van der Waals surface area contributed by atoms with Gasteiger partial charge in [-0.1, -0.05) is 29.8 Å². The molecule has 7 nitrogen and oxygen atoms in total. The van der Waals surface area contributed by atoms with Gasteiger partial charge in [0.1, 0.15) is 5.82 Å². The number of benzene rings is 1. The van der Waals surface area contributed by atoms with Crippen LogP contribution in [-0.4, -0.2) is 21.7 Å². The van der Waals surface area contributed by atoms with Crippen LogP contribution in [0.4, 0.5) is 0 Å². The van der Waals surface area contributed by atoms with Crippen LogP contribution in [0, 0.1) is 18.3 Å². The highest BCUT2D eigenvalue weighted by Gasteiger charge is 2.40. The Morgan fingerprint density at radius 3 is 2.83 bits per heavy atom. The SMILES string of the molecule is Cc1cccc(C2C(C#N)=C(N)N(NC(=O)c3cccnc3)C3=C2C(=O)CCC3)c1. The van der Waals surface area contributed by atoms with E-state index in [1.165, 1.54) is 11.2 Å². The molecule has 150 valence electrons. The van der Waals surface area contributed by atoms with Crippen LogP contribution in [0.15, 0.2) is 71.5 Å². The number of Topliss-reactive ketones (excluding diaryl/α,β-unsaturated/α-hetero) is 1. The van der Waals surface area contributed by atoms with Crippen molar-refractivity contribution >= 4 is 11.7 Å². The first-order chi connectivity index (χ1) is 14.5. The van der Waals surface area contributed by atoms with Crippen molar-refractivity contribution in [2.45, 2.75) is 32.1 Å². The normalized spacial score (nSPS) is 18.7. The molecule has 0 spiro atoms. The quantitative estimate of drug-likeness (QED) is 0.821. The van der Waals surface area contributed by atoms with Crippen LogP contribution in [0.5, 0.6) is 0 Å². The predicted octanol–water partition coefficient (Wildman–Crippen LogP) is 2.84. The Bertz CT molecular complexity index is 1130. The molecule has 1 aromatic carbocycles. The van der Waals surface area contributed by atoms with Crippen LogP contribution >= 0.6 is 0 Å². The highest BCUT2D eigenvalue weighted by molar-refractivity contribution is 6.00. The standard InChI is InChI=1S/C23H21N5O2/c1-14-5-2-6-15(11-14)20-17(12-24)22(25)28(18-8-3-9-19(29)21(18)20)27-23(30)16-7-4-10-26-13-16/h2,4-7,10-11,13,20H,3,8-9,25H2,1H3,(H,27,30). The summed E-state index contributed by atoms with van der Waals surface area (Å²) in [6, 6.07) is 13.2. The average molecular weight is 399 g/mol. The zero-order valence-corrected chi connectivity index (χ0v) is 16.6. The van der Waals surface area contributed by atoms with E-state index in [0.29, 0.717) is 36.1 Å². The number of aryl methyl sites for hydroxylation is 1. The van der Waals surface area contributed by atoms with Gasteiger partial charge in [0.05, 0.1) is 23.1 Å². The maximum Gasteiger partial charge on any atom is 0.271 e. The van der Waals surface area contributed by atoms with E-state index in [-0.39, 0.29) is 17.2 Å². The summed E-state index contributed by atoms with van der Waals surface area (Å²) in [5.41, 5.74) is 12.8. The molecule has 2 aromatic rings. The minimum Gasteiger partial charge on any atom is -0.383 e. The van der Waals surface area contributed by atoms with Crippen molar-refractivity contribution in [3.63, 3.8) is 0 Å². The van der Waals surface area contributed by atoms with Gasteiger partial charge in [-0.3, -0.25) is 20.0 Å². The number of allylic oxidation sites excluding steroid dienone is 3. The number of amides is 1. The molecule has 0 bridgehead atoms. The number of nitriles is 1. The highest BCUT2D eigenvalue weighted by atomic mass is 16.2. The van der Waals surface area contributed by atoms with Gasteiger partial charge < -0.3 is 5.73 Å². The van der Waals surface area contributed by atoms with E-state index < -0.39 is 11.8 Å². The lowest BCUT2D eigenvalue weighted by Gasteiger charge is -2.39. The Balaban J connectivity index is 1.83. The first kappa shape index (κ1) is 19.4. The van der Waals surface area contributed by atoms with Crippen molar-refractivity contribution in [2.24, 2.45) is 5.73 Å². The van der Waals surface area contributed by atoms with Crippen LogP contribution in [0.2, 0.25) is 0 Å². The summed E-state index contributed by atoms with van der Waals surface area (Å²) in [4.78, 5) is 29.7. The number of hydrazine groups is 1. The predicted molar refractivity (Wildman–Crippen MR) is 110 cm³/mol. The Morgan fingerprint density at radius 1 is 1.30 bits per heavy atom. The topological polar surface area (TPSA) is 112 Å². The van der Waals surface area contributed by atoms with E-state index in [1.54, 1.807) is 18.3 Å². The number of carbonyl (C=O) groups is 2. The van der Waals surface area contributed by atoms with Crippen LogP contribution in [0.3, 0.4) is 0 Å². The Labute approximate surface area is 174 Å². The summed E-state index contributed by atoms with van der Waals surface area (Å²) in [5, 5.41) is 11.3. The third-order valence-corrected chi connectivity index (χ3v) is 5.43. The molecule has 1 aliphatic carbocycles. The summed E-state index contributed by atoms with van der Waals surface area (Å²) >= 11 is 0. The molecule has 3 N–H and O–H groups in total. The van der Waals surface area contributed by atoms with Gasteiger partial charge in [0.25, 0.3) is 5.91 Å². The van der Waals surface area contributed by atoms with Crippen LogP contribution < -0.4 is 11.2 Å². The third kappa shape index (κ3) is 3.33. The largest absolute Gasteiger partial charge is 0.383 e. The number of hydrogen-bond donors (Lipinski definition) is 2. The van der Waals surface area contributed by atoms with Crippen molar-refractivity contribution in [3.8, 4) is 6.07 Å². The second kappa shape index (κ2) is 7.84. The number of nitrogens with two attached hydrogens (primary N) is 1. The molecule has 7 heteroatoms. The molecule has 2 aliphatic rings. The zero-order valence-electron chi connectivity index (χ0n) is 16.6. The van der Waals surface area contributed by atoms with Gasteiger partial charge in [-0.15, -0.1) is 0 Å². The van der Waals surface area contributed by atoms with Gasteiger partial charge in [-0.05, 0) is 37.5 Å². The Kier molecular flexibility index (Phi) is 5.07. The molecular formula is C23H21N5O2. The second-order valence-electron chi connectivity index (χ2n) is 7.41. The van der Waals surface area contributed by atoms with E-state index >= 15 is 0 Å². The molecule has 1 atom stereocenters. The van der Waals surface area contributed by atoms with E-state index in [0.717, 1.165) is 11.1 Å². The Morgan fingerprint density at radius 2 is 2.13 bits per heavy atom. The summed E-state index contributed by atoms with van der Waals surface area (Å²) in [5.74, 6) is -0.843. The fourth-order valence-corrected chi connectivity index (χ4v) is 4.06. The third-order valence-electron chi connectivity index (χ3n) is 5.43. The molecule has 2 heterocycles. The lowest BCUT2D eigenvalue weighted by atomic mass is 9.76. The van der Waals surface area contributed by atoms with Gasteiger partial charge >= 0.3 is 0 Å². The summed E-state index contributed by atoms with van der Waals surface area (Å²) < 4.78 is 0. The smallest absolute Gasteiger partial charge is 0.271 e. The number of nitrogens with one attached hydrogen (secondary N) is 1. The maximum atomic E-state index is 13.0. The Hall–Kier alpha value is -3.92. The van der Waals surface area contributed by atoms with Crippen molar-refractivity contribution in [1.29, 1.82) is 5.26 Å². The first-order valence-corrected chi connectivity index (χ1v) is 9.75. The number of ketones is 1. The van der Waals surface area contributed by atoms with E-state index in [2.05, 4.69) is 16.5 Å². The van der Waals surface area contributed by atoms with E-state index in [4.69, 9.17) is 5.73 Å². The van der Waals surface area contributed by atoms with Gasteiger partial charge in [0.2, 0.25) is 0 Å². The molecule has 1 aliphatic heterocycles. The number of aromatic nitrogens is 1. The number of nitrogens with zero attached hydrogens (tertiary/aromatic N) is 3. The van der Waals surface area contributed by atoms with Gasteiger partial charge in [-0.25, -0.2) is 5.01 Å². The monoisotopic (exact) mass is 399 g/mol. The number of carbonyl (C=O) groups excluding carboxylic acids is 2. The molecule has 1 aromatic heterocycles. The van der Waals surface area contributed by atoms with Crippen molar-refractivity contribution < 1.29 is 9.59 Å². The fourth-order valence-electron chi connectivity index (χ4n) is 4.06. The first-order valence-electron chi connectivity index (χ1n) is 9.75.